The fourth-order valence-electron chi connectivity index (χ4n) is 3.44. The van der Waals surface area contributed by atoms with Crippen LogP contribution in [0.4, 0.5) is 5.00 Å². The van der Waals surface area contributed by atoms with Crippen LogP contribution in [0.1, 0.15) is 67.2 Å². The van der Waals surface area contributed by atoms with Crippen LogP contribution in [-0.2, 0) is 35.3 Å². The van der Waals surface area contributed by atoms with Crippen molar-refractivity contribution in [3.05, 3.63) is 21.8 Å². The molecule has 3 rings (SSSR count). The number of carbonyl (C=O) groups is 2. The zero-order chi connectivity index (χ0) is 21.0. The Hall–Kier alpha value is -1.87. The standard InChI is InChI=1S/C20H28N4O3S2/c1-5-15-22-23-20(24(15)6-2)28-11-16(25)21-18-17(19(26)27-12(3)4)13-9-7-8-10-14(13)29-18/h12H,5-11H2,1-4H3,(H,21,25). The second-order valence-electron chi connectivity index (χ2n) is 7.20. The largest absolute Gasteiger partial charge is 0.459 e. The second kappa shape index (κ2) is 9.75. The van der Waals surface area contributed by atoms with Gasteiger partial charge in [0.25, 0.3) is 0 Å². The highest BCUT2D eigenvalue weighted by Gasteiger charge is 2.28. The molecule has 0 radical (unpaired) electrons. The Labute approximate surface area is 179 Å². The van der Waals surface area contributed by atoms with Gasteiger partial charge in [-0.15, -0.1) is 21.5 Å². The number of esters is 1. The quantitative estimate of drug-likeness (QED) is 0.495. The predicted octanol–water partition coefficient (Wildman–Crippen LogP) is 4.10. The van der Waals surface area contributed by atoms with Gasteiger partial charge in [-0.05, 0) is 52.0 Å². The summed E-state index contributed by atoms with van der Waals surface area (Å²) in [6.45, 7) is 8.51. The Kier molecular flexibility index (Phi) is 7.34. The smallest absolute Gasteiger partial charge is 0.341 e. The van der Waals surface area contributed by atoms with E-state index in [9.17, 15) is 9.59 Å². The van der Waals surface area contributed by atoms with Crippen molar-refractivity contribution in [3.8, 4) is 0 Å². The van der Waals surface area contributed by atoms with Crippen molar-refractivity contribution in [1.29, 1.82) is 0 Å². The molecule has 0 fully saturated rings. The van der Waals surface area contributed by atoms with Crippen molar-refractivity contribution in [1.82, 2.24) is 14.8 Å². The topological polar surface area (TPSA) is 86.1 Å². The molecule has 0 atom stereocenters. The highest BCUT2D eigenvalue weighted by atomic mass is 32.2. The number of amides is 1. The third-order valence-electron chi connectivity index (χ3n) is 4.73. The van der Waals surface area contributed by atoms with E-state index < -0.39 is 0 Å². The molecule has 29 heavy (non-hydrogen) atoms. The van der Waals surface area contributed by atoms with Gasteiger partial charge in [0.15, 0.2) is 5.16 Å². The van der Waals surface area contributed by atoms with Crippen LogP contribution in [0.25, 0.3) is 0 Å². The van der Waals surface area contributed by atoms with Gasteiger partial charge in [0.2, 0.25) is 5.91 Å². The molecule has 0 unspecified atom stereocenters. The number of thiophene rings is 1. The lowest BCUT2D eigenvalue weighted by Crippen LogP contribution is -2.19. The summed E-state index contributed by atoms with van der Waals surface area (Å²) in [7, 11) is 0. The van der Waals surface area contributed by atoms with Gasteiger partial charge in [-0.25, -0.2) is 4.79 Å². The summed E-state index contributed by atoms with van der Waals surface area (Å²) in [5, 5.41) is 12.7. The minimum Gasteiger partial charge on any atom is -0.459 e. The Morgan fingerprint density at radius 2 is 2.00 bits per heavy atom. The van der Waals surface area contributed by atoms with Gasteiger partial charge in [0.1, 0.15) is 10.8 Å². The molecule has 1 aliphatic rings. The number of aromatic nitrogens is 3. The molecule has 1 N–H and O–H groups in total. The highest BCUT2D eigenvalue weighted by Crippen LogP contribution is 2.38. The van der Waals surface area contributed by atoms with E-state index >= 15 is 0 Å². The Morgan fingerprint density at radius 3 is 2.69 bits per heavy atom. The SMILES string of the molecule is CCc1nnc(SCC(=O)Nc2sc3c(c2C(=O)OC(C)C)CCCC3)n1CC. The minimum absolute atomic E-state index is 0.157. The summed E-state index contributed by atoms with van der Waals surface area (Å²) in [6.07, 6.45) is 4.58. The second-order valence-corrected chi connectivity index (χ2v) is 9.25. The van der Waals surface area contributed by atoms with E-state index in [0.29, 0.717) is 10.6 Å². The van der Waals surface area contributed by atoms with Gasteiger partial charge in [0.05, 0.1) is 17.4 Å². The number of aryl methyl sites for hydroxylation is 2. The first-order valence-corrected chi connectivity index (χ1v) is 11.9. The lowest BCUT2D eigenvalue weighted by molar-refractivity contribution is -0.113. The van der Waals surface area contributed by atoms with E-state index in [4.69, 9.17) is 4.74 Å². The number of fused-ring (bicyclic) bond motifs is 1. The van der Waals surface area contributed by atoms with Crippen LogP contribution in [0.5, 0.6) is 0 Å². The molecular weight excluding hydrogens is 408 g/mol. The van der Waals surface area contributed by atoms with Crippen LogP contribution in [0.2, 0.25) is 0 Å². The number of rotatable bonds is 8. The Balaban J connectivity index is 1.74. The zero-order valence-electron chi connectivity index (χ0n) is 17.4. The van der Waals surface area contributed by atoms with Crippen molar-refractivity contribution in [3.63, 3.8) is 0 Å². The molecule has 0 bridgehead atoms. The molecule has 9 heteroatoms. The van der Waals surface area contributed by atoms with Crippen LogP contribution in [-0.4, -0.2) is 38.5 Å². The van der Waals surface area contributed by atoms with Crippen molar-refractivity contribution < 1.29 is 14.3 Å². The molecule has 0 saturated carbocycles. The fourth-order valence-corrected chi connectivity index (χ4v) is 5.56. The summed E-state index contributed by atoms with van der Waals surface area (Å²) in [5.74, 6) is 0.625. The van der Waals surface area contributed by atoms with Gasteiger partial charge in [0, 0.05) is 17.8 Å². The van der Waals surface area contributed by atoms with Gasteiger partial charge >= 0.3 is 5.97 Å². The summed E-state index contributed by atoms with van der Waals surface area (Å²) in [6, 6.07) is 0. The number of carbonyl (C=O) groups excluding carboxylic acids is 2. The Bertz CT molecular complexity index is 889. The van der Waals surface area contributed by atoms with Crippen molar-refractivity contribution >= 4 is 40.0 Å². The number of thioether (sulfide) groups is 1. The van der Waals surface area contributed by atoms with Crippen LogP contribution in [0.3, 0.4) is 0 Å². The molecule has 0 spiro atoms. The summed E-state index contributed by atoms with van der Waals surface area (Å²) >= 11 is 2.87. The maximum absolute atomic E-state index is 12.7. The first-order valence-electron chi connectivity index (χ1n) is 10.1. The molecule has 0 aromatic carbocycles. The molecule has 2 heterocycles. The number of hydrogen-bond acceptors (Lipinski definition) is 7. The van der Waals surface area contributed by atoms with Gasteiger partial charge < -0.3 is 14.6 Å². The van der Waals surface area contributed by atoms with Crippen molar-refractivity contribution in [2.75, 3.05) is 11.1 Å². The molecule has 2 aromatic rings. The van der Waals surface area contributed by atoms with Gasteiger partial charge in [-0.2, -0.15) is 0 Å². The lowest BCUT2D eigenvalue weighted by atomic mass is 9.95. The van der Waals surface area contributed by atoms with Gasteiger partial charge in [-0.3, -0.25) is 4.79 Å². The normalized spacial score (nSPS) is 13.4. The molecule has 158 valence electrons. The number of nitrogens with zero attached hydrogens (tertiary/aromatic N) is 3. The molecule has 1 aliphatic carbocycles. The molecular formula is C20H28N4O3S2. The predicted molar refractivity (Wildman–Crippen MR) is 116 cm³/mol. The molecule has 2 aromatic heterocycles. The summed E-state index contributed by atoms with van der Waals surface area (Å²) in [5.41, 5.74) is 1.59. The molecule has 0 saturated heterocycles. The first-order chi connectivity index (χ1) is 13.9. The van der Waals surface area contributed by atoms with Crippen LogP contribution in [0, 0.1) is 0 Å². The van der Waals surface area contributed by atoms with Crippen LogP contribution in [0.15, 0.2) is 5.16 Å². The first kappa shape index (κ1) is 21.8. The zero-order valence-corrected chi connectivity index (χ0v) is 19.0. The molecule has 1 amide bonds. The molecule has 0 aliphatic heterocycles. The molecule has 7 nitrogen and oxygen atoms in total. The van der Waals surface area contributed by atoms with E-state index in [-0.39, 0.29) is 23.7 Å². The summed E-state index contributed by atoms with van der Waals surface area (Å²) in [4.78, 5) is 26.5. The van der Waals surface area contributed by atoms with E-state index in [1.807, 2.05) is 32.3 Å². The average molecular weight is 437 g/mol. The third-order valence-corrected chi connectivity index (χ3v) is 6.90. The highest BCUT2D eigenvalue weighted by molar-refractivity contribution is 7.99. The van der Waals surface area contributed by atoms with E-state index in [0.717, 1.165) is 55.2 Å². The van der Waals surface area contributed by atoms with Crippen molar-refractivity contribution in [2.24, 2.45) is 0 Å². The summed E-state index contributed by atoms with van der Waals surface area (Å²) < 4.78 is 7.47. The van der Waals surface area contributed by atoms with Gasteiger partial charge in [-0.1, -0.05) is 18.7 Å². The number of hydrogen-bond donors (Lipinski definition) is 1. The van der Waals surface area contributed by atoms with E-state index in [1.165, 1.54) is 28.0 Å². The van der Waals surface area contributed by atoms with E-state index in [2.05, 4.69) is 15.5 Å². The van der Waals surface area contributed by atoms with Crippen LogP contribution < -0.4 is 5.32 Å². The van der Waals surface area contributed by atoms with E-state index in [1.54, 1.807) is 0 Å². The maximum atomic E-state index is 12.7. The average Bonchev–Trinajstić information content (AvgIpc) is 3.25. The fraction of sp³-hybridized carbons (Fsp3) is 0.600. The third kappa shape index (κ3) is 5.01. The lowest BCUT2D eigenvalue weighted by Gasteiger charge is -2.14. The Morgan fingerprint density at radius 1 is 1.24 bits per heavy atom. The maximum Gasteiger partial charge on any atom is 0.341 e. The number of nitrogens with one attached hydrogen (secondary N) is 1. The monoisotopic (exact) mass is 436 g/mol. The minimum atomic E-state index is -0.347. The number of ether oxygens (including phenoxy) is 1. The van der Waals surface area contributed by atoms with Crippen LogP contribution >= 0.6 is 23.1 Å². The number of anilines is 1. The van der Waals surface area contributed by atoms with Crippen molar-refractivity contribution in [2.45, 2.75) is 77.6 Å².